The number of hydrogen-bond acceptors (Lipinski definition) is 3. The zero-order valence-corrected chi connectivity index (χ0v) is 16.0. The van der Waals surface area contributed by atoms with Crippen molar-refractivity contribution in [2.45, 2.75) is 44.7 Å². The second-order valence-electron chi connectivity index (χ2n) is 8.32. The summed E-state index contributed by atoms with van der Waals surface area (Å²) in [5, 5.41) is 0. The second-order valence-corrected chi connectivity index (χ2v) is 8.32. The first-order valence-electron chi connectivity index (χ1n) is 10.1. The van der Waals surface area contributed by atoms with Crippen LogP contribution in [-0.4, -0.2) is 41.5 Å². The Kier molecular flexibility index (Phi) is 5.66. The van der Waals surface area contributed by atoms with Gasteiger partial charge in [0.25, 0.3) is 0 Å². The Morgan fingerprint density at radius 1 is 1.04 bits per heavy atom. The van der Waals surface area contributed by atoms with Crippen molar-refractivity contribution >= 4 is 0 Å². The molecule has 4 rings (SSSR count). The molecule has 0 unspecified atom stereocenters. The van der Waals surface area contributed by atoms with E-state index in [0.29, 0.717) is 0 Å². The molecule has 1 saturated heterocycles. The van der Waals surface area contributed by atoms with Crippen LogP contribution in [0.5, 0.6) is 0 Å². The average Bonchev–Trinajstić information content (AvgIpc) is 3.13. The molecule has 1 aromatic heterocycles. The Hall–Kier alpha value is -1.71. The Balaban J connectivity index is 1.21. The number of benzene rings is 1. The van der Waals surface area contributed by atoms with E-state index in [1.807, 2.05) is 18.5 Å². The Labute approximate surface area is 158 Å². The lowest BCUT2D eigenvalue weighted by Crippen LogP contribution is -2.33. The quantitative estimate of drug-likeness (QED) is 0.743. The molecule has 3 nitrogen and oxygen atoms in total. The fourth-order valence-corrected chi connectivity index (χ4v) is 4.56. The number of aromatic nitrogens is 1. The summed E-state index contributed by atoms with van der Waals surface area (Å²) in [5.41, 5.74) is 4.32. The second kappa shape index (κ2) is 8.32. The lowest BCUT2D eigenvalue weighted by atomic mass is 9.71. The molecule has 26 heavy (non-hydrogen) atoms. The minimum Gasteiger partial charge on any atom is -0.302 e. The minimum absolute atomic E-state index is 0.771. The van der Waals surface area contributed by atoms with Crippen molar-refractivity contribution < 1.29 is 0 Å². The van der Waals surface area contributed by atoms with E-state index in [9.17, 15) is 0 Å². The first-order chi connectivity index (χ1) is 12.8. The van der Waals surface area contributed by atoms with Gasteiger partial charge in [0.2, 0.25) is 0 Å². The van der Waals surface area contributed by atoms with Crippen LogP contribution in [0.2, 0.25) is 0 Å². The SMILES string of the molecule is CN(Cc1cccnc1)C[C@H]1C[C@H](c2ccc(CN3CCCC3)cc2)C1. The highest BCUT2D eigenvalue weighted by Gasteiger charge is 2.30. The highest BCUT2D eigenvalue weighted by atomic mass is 15.1. The summed E-state index contributed by atoms with van der Waals surface area (Å²) in [5.74, 6) is 1.61. The van der Waals surface area contributed by atoms with E-state index in [2.05, 4.69) is 52.2 Å². The minimum atomic E-state index is 0.771. The van der Waals surface area contributed by atoms with Gasteiger partial charge in [-0.05, 0) is 80.4 Å². The highest BCUT2D eigenvalue weighted by molar-refractivity contribution is 5.27. The van der Waals surface area contributed by atoms with Gasteiger partial charge >= 0.3 is 0 Å². The van der Waals surface area contributed by atoms with Crippen LogP contribution in [0.3, 0.4) is 0 Å². The fourth-order valence-electron chi connectivity index (χ4n) is 4.56. The predicted molar refractivity (Wildman–Crippen MR) is 107 cm³/mol. The molecule has 0 radical (unpaired) electrons. The van der Waals surface area contributed by atoms with Crippen molar-refractivity contribution in [3.8, 4) is 0 Å². The van der Waals surface area contributed by atoms with Gasteiger partial charge in [0.1, 0.15) is 0 Å². The molecule has 2 heterocycles. The van der Waals surface area contributed by atoms with Gasteiger partial charge in [0.05, 0.1) is 0 Å². The van der Waals surface area contributed by atoms with Crippen molar-refractivity contribution in [1.29, 1.82) is 0 Å². The molecular weight excluding hydrogens is 318 g/mol. The molecule has 2 aliphatic rings. The summed E-state index contributed by atoms with van der Waals surface area (Å²) >= 11 is 0. The van der Waals surface area contributed by atoms with E-state index < -0.39 is 0 Å². The summed E-state index contributed by atoms with van der Waals surface area (Å²) in [6, 6.07) is 13.7. The Morgan fingerprint density at radius 2 is 1.81 bits per heavy atom. The maximum absolute atomic E-state index is 4.21. The van der Waals surface area contributed by atoms with Gasteiger partial charge in [0.15, 0.2) is 0 Å². The van der Waals surface area contributed by atoms with Crippen molar-refractivity contribution in [2.75, 3.05) is 26.7 Å². The molecule has 2 aromatic rings. The van der Waals surface area contributed by atoms with Gasteiger partial charge in [-0.15, -0.1) is 0 Å². The van der Waals surface area contributed by atoms with Crippen LogP contribution in [0.25, 0.3) is 0 Å². The van der Waals surface area contributed by atoms with Gasteiger partial charge in [-0.3, -0.25) is 9.88 Å². The van der Waals surface area contributed by atoms with Gasteiger partial charge in [-0.2, -0.15) is 0 Å². The summed E-state index contributed by atoms with van der Waals surface area (Å²) in [6.45, 7) is 5.88. The van der Waals surface area contributed by atoms with E-state index >= 15 is 0 Å². The number of hydrogen-bond donors (Lipinski definition) is 0. The van der Waals surface area contributed by atoms with Gasteiger partial charge in [0, 0.05) is 32.0 Å². The molecule has 0 atom stereocenters. The lowest BCUT2D eigenvalue weighted by Gasteiger charge is -2.38. The summed E-state index contributed by atoms with van der Waals surface area (Å²) < 4.78 is 0. The van der Waals surface area contributed by atoms with E-state index in [1.54, 1.807) is 5.56 Å². The van der Waals surface area contributed by atoms with Crippen LogP contribution in [-0.2, 0) is 13.1 Å². The molecule has 1 aromatic carbocycles. The van der Waals surface area contributed by atoms with E-state index in [1.165, 1.54) is 56.4 Å². The molecule has 3 heteroatoms. The normalized spacial score (nSPS) is 23.3. The van der Waals surface area contributed by atoms with Crippen LogP contribution in [0.15, 0.2) is 48.8 Å². The van der Waals surface area contributed by atoms with Crippen LogP contribution >= 0.6 is 0 Å². The van der Waals surface area contributed by atoms with E-state index in [-0.39, 0.29) is 0 Å². The number of nitrogens with zero attached hydrogens (tertiary/aromatic N) is 3. The standard InChI is InChI=1S/C23H31N3/c1-25(16-20-5-4-10-24-15-20)17-21-13-23(14-21)22-8-6-19(7-9-22)18-26-11-2-3-12-26/h4-10,15,21,23H,2-3,11-14,16-18H2,1H3/t21-,23-. The smallest absolute Gasteiger partial charge is 0.0312 e. The third-order valence-electron chi connectivity index (χ3n) is 6.04. The predicted octanol–water partition coefficient (Wildman–Crippen LogP) is 4.30. The molecule has 1 aliphatic heterocycles. The maximum atomic E-state index is 4.21. The van der Waals surface area contributed by atoms with Crippen LogP contribution in [0, 0.1) is 5.92 Å². The van der Waals surface area contributed by atoms with Crippen molar-refractivity contribution in [2.24, 2.45) is 5.92 Å². The summed E-state index contributed by atoms with van der Waals surface area (Å²) in [4.78, 5) is 9.23. The molecule has 1 saturated carbocycles. The average molecular weight is 350 g/mol. The number of pyridine rings is 1. The van der Waals surface area contributed by atoms with Crippen molar-refractivity contribution in [1.82, 2.24) is 14.8 Å². The van der Waals surface area contributed by atoms with Crippen molar-refractivity contribution in [3.63, 3.8) is 0 Å². The molecule has 2 fully saturated rings. The highest BCUT2D eigenvalue weighted by Crippen LogP contribution is 2.42. The zero-order valence-electron chi connectivity index (χ0n) is 16.0. The van der Waals surface area contributed by atoms with Crippen LogP contribution in [0.1, 0.15) is 48.3 Å². The number of likely N-dealkylation sites (tertiary alicyclic amines) is 1. The largest absolute Gasteiger partial charge is 0.302 e. The molecule has 1 aliphatic carbocycles. The topological polar surface area (TPSA) is 19.4 Å². The summed E-state index contributed by atoms with van der Waals surface area (Å²) in [7, 11) is 2.23. The number of rotatable bonds is 7. The molecule has 0 N–H and O–H groups in total. The first kappa shape index (κ1) is 17.7. The molecule has 0 bridgehead atoms. The molecule has 138 valence electrons. The van der Waals surface area contributed by atoms with Crippen molar-refractivity contribution in [3.05, 3.63) is 65.5 Å². The zero-order chi connectivity index (χ0) is 17.8. The van der Waals surface area contributed by atoms with Gasteiger partial charge in [-0.1, -0.05) is 30.3 Å². The fraction of sp³-hybridized carbons (Fsp3) is 0.522. The Bertz CT molecular complexity index is 670. The van der Waals surface area contributed by atoms with Crippen LogP contribution in [0.4, 0.5) is 0 Å². The van der Waals surface area contributed by atoms with E-state index in [4.69, 9.17) is 0 Å². The third kappa shape index (κ3) is 4.52. The molecule has 0 spiro atoms. The molecule has 0 amide bonds. The first-order valence-corrected chi connectivity index (χ1v) is 10.1. The van der Waals surface area contributed by atoms with E-state index in [0.717, 1.165) is 24.9 Å². The van der Waals surface area contributed by atoms with Gasteiger partial charge < -0.3 is 4.90 Å². The van der Waals surface area contributed by atoms with Gasteiger partial charge in [-0.25, -0.2) is 0 Å². The molecular formula is C23H31N3. The lowest BCUT2D eigenvalue weighted by molar-refractivity contribution is 0.176. The van der Waals surface area contributed by atoms with Crippen LogP contribution < -0.4 is 0 Å². The third-order valence-corrected chi connectivity index (χ3v) is 6.04. The summed E-state index contributed by atoms with van der Waals surface area (Å²) in [6.07, 6.45) is 9.24. The monoisotopic (exact) mass is 349 g/mol. The maximum Gasteiger partial charge on any atom is 0.0312 e. The Morgan fingerprint density at radius 3 is 2.50 bits per heavy atom.